The van der Waals surface area contributed by atoms with Crippen molar-refractivity contribution in [2.24, 2.45) is 10.3 Å². The van der Waals surface area contributed by atoms with E-state index in [1.54, 1.807) is 18.2 Å². The number of carbonyl (C=O) groups excluding carboxylic acids is 2. The van der Waals surface area contributed by atoms with Crippen molar-refractivity contribution in [1.29, 1.82) is 0 Å². The summed E-state index contributed by atoms with van der Waals surface area (Å²) < 4.78 is 10.3. The summed E-state index contributed by atoms with van der Waals surface area (Å²) in [5.41, 5.74) is 1.85. The van der Waals surface area contributed by atoms with Gasteiger partial charge in [-0.2, -0.15) is 0 Å². The number of ether oxygens (including phenoxy) is 2. The Balaban J connectivity index is 0.000000487. The summed E-state index contributed by atoms with van der Waals surface area (Å²) in [6, 6.07) is 16.4. The number of aryl methyl sites for hydroxylation is 1. The maximum Gasteiger partial charge on any atom is 0.361 e. The maximum atomic E-state index is 11.9. The molecule has 14 heteroatoms. The third-order valence-corrected chi connectivity index (χ3v) is 7.13. The highest BCUT2D eigenvalue weighted by molar-refractivity contribution is 6.37. The second-order valence-corrected chi connectivity index (χ2v) is 11.2. The normalized spacial score (nSPS) is 11.3. The molecule has 14 nitrogen and oxygen atoms in total. The number of carbonyl (C=O) groups is 2. The van der Waals surface area contributed by atoms with E-state index in [9.17, 15) is 29.8 Å². The van der Waals surface area contributed by atoms with E-state index in [4.69, 9.17) is 19.9 Å². The zero-order valence-corrected chi connectivity index (χ0v) is 27.7. The van der Waals surface area contributed by atoms with Crippen molar-refractivity contribution in [3.8, 4) is 5.75 Å². The molecule has 0 saturated heterocycles. The number of unbranched alkanes of at least 4 members (excludes halogenated alkanes) is 10. The van der Waals surface area contributed by atoms with E-state index >= 15 is 0 Å². The molecule has 0 unspecified atom stereocenters. The first-order valence-corrected chi connectivity index (χ1v) is 16.3. The number of esters is 2. The minimum atomic E-state index is -0.682. The van der Waals surface area contributed by atoms with Crippen molar-refractivity contribution in [1.82, 2.24) is 0 Å². The van der Waals surface area contributed by atoms with Crippen LogP contribution in [0.15, 0.2) is 64.9 Å². The highest BCUT2D eigenvalue weighted by Crippen LogP contribution is 2.14. The highest BCUT2D eigenvalue weighted by atomic mass is 16.6. The lowest BCUT2D eigenvalue weighted by Gasteiger charge is -2.06. The Morgan fingerprint density at radius 1 is 0.667 bits per heavy atom. The van der Waals surface area contributed by atoms with Crippen molar-refractivity contribution in [2.75, 3.05) is 13.1 Å². The van der Waals surface area contributed by atoms with Crippen molar-refractivity contribution >= 4 is 23.4 Å². The number of nitrogens with zero attached hydrogens (tertiary/aromatic N) is 4. The lowest BCUT2D eigenvalue weighted by atomic mass is 10.1. The zero-order chi connectivity index (χ0) is 35.4. The molecule has 264 valence electrons. The Morgan fingerprint density at radius 2 is 1.15 bits per heavy atom. The van der Waals surface area contributed by atoms with Gasteiger partial charge in [-0.1, -0.05) is 91.3 Å². The van der Waals surface area contributed by atoms with E-state index in [1.165, 1.54) is 0 Å². The van der Waals surface area contributed by atoms with Crippen LogP contribution in [0.2, 0.25) is 0 Å². The van der Waals surface area contributed by atoms with E-state index in [0.717, 1.165) is 62.5 Å². The summed E-state index contributed by atoms with van der Waals surface area (Å²) in [5.74, 6) is -0.863. The number of benzene rings is 2. The van der Waals surface area contributed by atoms with Gasteiger partial charge in [0.2, 0.25) is 13.1 Å². The fraction of sp³-hybridized carbons (Fsp3) is 0.529. The van der Waals surface area contributed by atoms with Gasteiger partial charge in [-0.3, -0.25) is 20.2 Å². The van der Waals surface area contributed by atoms with Crippen LogP contribution in [0.1, 0.15) is 101 Å². The molecule has 2 aromatic carbocycles. The predicted molar refractivity (Wildman–Crippen MR) is 180 cm³/mol. The largest absolute Gasteiger partial charge is 0.456 e. The lowest BCUT2D eigenvalue weighted by molar-refractivity contribution is -0.480. The number of hydrogen-bond acceptors (Lipinski definition) is 12. The minimum absolute atomic E-state index is 0.0453. The van der Waals surface area contributed by atoms with Crippen LogP contribution in [-0.2, 0) is 20.9 Å². The van der Waals surface area contributed by atoms with Gasteiger partial charge in [-0.25, -0.2) is 9.59 Å². The minimum Gasteiger partial charge on any atom is -0.456 e. The van der Waals surface area contributed by atoms with Gasteiger partial charge in [0.15, 0.2) is 11.4 Å². The van der Waals surface area contributed by atoms with Gasteiger partial charge in [-0.15, -0.1) is 0 Å². The molecule has 0 bridgehead atoms. The molecule has 0 amide bonds. The van der Waals surface area contributed by atoms with Crippen LogP contribution in [0, 0.1) is 27.2 Å². The van der Waals surface area contributed by atoms with Gasteiger partial charge in [-0.05, 0) is 55.9 Å². The molecule has 2 N–H and O–H groups in total. The number of hydrogen-bond donors (Lipinski definition) is 2. The second kappa shape index (κ2) is 26.2. The first kappa shape index (κ1) is 41.1. The van der Waals surface area contributed by atoms with Crippen molar-refractivity contribution in [2.45, 2.75) is 103 Å². The number of nitro groups is 2. The van der Waals surface area contributed by atoms with Gasteiger partial charge in [0, 0.05) is 35.5 Å². The van der Waals surface area contributed by atoms with Gasteiger partial charge in [0.25, 0.3) is 0 Å². The lowest BCUT2D eigenvalue weighted by Crippen LogP contribution is -2.20. The maximum absolute atomic E-state index is 11.9. The molecule has 0 aromatic heterocycles. The average molecular weight is 673 g/mol. The van der Waals surface area contributed by atoms with E-state index in [2.05, 4.69) is 10.3 Å². The fourth-order valence-corrected chi connectivity index (χ4v) is 4.52. The molecule has 0 aliphatic heterocycles. The topological polar surface area (TPSA) is 204 Å². The van der Waals surface area contributed by atoms with Gasteiger partial charge in [0.1, 0.15) is 12.4 Å². The second-order valence-electron chi connectivity index (χ2n) is 11.2. The van der Waals surface area contributed by atoms with E-state index in [1.807, 2.05) is 43.3 Å². The Labute approximate surface area is 281 Å². The average Bonchev–Trinajstić information content (AvgIpc) is 3.06. The highest BCUT2D eigenvalue weighted by Gasteiger charge is 2.15. The molecule has 48 heavy (non-hydrogen) atoms. The van der Waals surface area contributed by atoms with Crippen LogP contribution in [-0.4, -0.2) is 56.7 Å². The Bertz CT molecular complexity index is 1300. The van der Waals surface area contributed by atoms with Crippen LogP contribution in [0.4, 0.5) is 0 Å². The summed E-state index contributed by atoms with van der Waals surface area (Å²) in [6.45, 7) is 2.05. The van der Waals surface area contributed by atoms with Crippen molar-refractivity contribution in [3.63, 3.8) is 0 Å². The molecule has 0 spiro atoms. The summed E-state index contributed by atoms with van der Waals surface area (Å²) >= 11 is 0. The molecule has 0 aliphatic rings. The summed E-state index contributed by atoms with van der Waals surface area (Å²) in [7, 11) is 0. The van der Waals surface area contributed by atoms with Crippen LogP contribution in [0.5, 0.6) is 5.75 Å². The van der Waals surface area contributed by atoms with Crippen LogP contribution in [0.3, 0.4) is 0 Å². The Kier molecular flexibility index (Phi) is 22.5. The van der Waals surface area contributed by atoms with Gasteiger partial charge in [0.05, 0.1) is 0 Å². The van der Waals surface area contributed by atoms with E-state index < -0.39 is 11.9 Å². The smallest absolute Gasteiger partial charge is 0.361 e. The van der Waals surface area contributed by atoms with Gasteiger partial charge < -0.3 is 19.9 Å². The molecule has 0 saturated carbocycles. The molecular weight excluding hydrogens is 624 g/mol. The summed E-state index contributed by atoms with van der Waals surface area (Å²) in [5, 5.41) is 44.3. The SMILES string of the molecule is Cc1cccc(OC(=O)C(CCCCCC[N+](=O)[O-])=NO)c1.O=C(OCc1ccccc1)C(CCCCCCCCCC[N+](=O)[O-])=NO. The Morgan fingerprint density at radius 3 is 1.62 bits per heavy atom. The molecule has 0 heterocycles. The van der Waals surface area contributed by atoms with Crippen LogP contribution in [0.25, 0.3) is 0 Å². The number of oxime groups is 2. The van der Waals surface area contributed by atoms with E-state index in [0.29, 0.717) is 37.9 Å². The quantitative estimate of drug-likeness (QED) is 0.0229. The fourth-order valence-electron chi connectivity index (χ4n) is 4.52. The van der Waals surface area contributed by atoms with Gasteiger partial charge >= 0.3 is 11.9 Å². The molecule has 0 aliphatic carbocycles. The molecular formula is C34H48N4O10. The third-order valence-electron chi connectivity index (χ3n) is 7.13. The zero-order valence-electron chi connectivity index (χ0n) is 27.7. The molecule has 2 rings (SSSR count). The molecule has 0 atom stereocenters. The summed E-state index contributed by atoms with van der Waals surface area (Å²) in [6.07, 6.45) is 10.7. The van der Waals surface area contributed by atoms with Crippen LogP contribution < -0.4 is 4.74 Å². The predicted octanol–water partition coefficient (Wildman–Crippen LogP) is 7.31. The first-order valence-electron chi connectivity index (χ1n) is 16.3. The third kappa shape index (κ3) is 21.0. The summed E-state index contributed by atoms with van der Waals surface area (Å²) in [4.78, 5) is 43.5. The monoisotopic (exact) mass is 672 g/mol. The standard InChI is InChI=1S/C19H28N2O5.C15H20N2O5/c22-19(26-16-17-12-8-7-9-13-17)18(20-23)14-10-5-3-1-2-4-6-11-15-21(24)25;1-12-7-6-8-13(11-12)22-15(18)14(16-19)9-4-2-3-5-10-17(20)21/h7-9,12-13,23H,1-6,10-11,14-16H2;6-8,11,19H,2-5,9-10H2,1H3. The van der Waals surface area contributed by atoms with Crippen molar-refractivity contribution < 1.29 is 39.3 Å². The molecule has 2 aromatic rings. The molecule has 0 radical (unpaired) electrons. The number of rotatable bonds is 23. The first-order chi connectivity index (χ1) is 23.2. The van der Waals surface area contributed by atoms with Crippen LogP contribution >= 0.6 is 0 Å². The Hall–Kier alpha value is -4.88. The van der Waals surface area contributed by atoms with E-state index in [-0.39, 0.29) is 47.4 Å². The van der Waals surface area contributed by atoms with Crippen molar-refractivity contribution in [3.05, 3.63) is 86.0 Å². The molecule has 0 fully saturated rings.